The molecule has 2 heterocycles. The summed E-state index contributed by atoms with van der Waals surface area (Å²) in [5.41, 5.74) is 2.83. The Kier molecular flexibility index (Phi) is 4.86. The molecule has 28 heavy (non-hydrogen) atoms. The Morgan fingerprint density at radius 3 is 2.54 bits per heavy atom. The molecular weight excluding hydrogens is 398 g/mol. The molecule has 0 atom stereocenters. The number of aliphatic imine (C=N–C) groups is 1. The second-order valence-corrected chi connectivity index (χ2v) is 8.65. The van der Waals surface area contributed by atoms with E-state index in [1.165, 1.54) is 31.4 Å². The van der Waals surface area contributed by atoms with Gasteiger partial charge in [0, 0.05) is 17.6 Å². The molecule has 0 aliphatic carbocycles. The Hall–Kier alpha value is -2.78. The smallest absolute Gasteiger partial charge is 0.337 e. The molecule has 0 aromatic heterocycles. The minimum Gasteiger partial charge on any atom is -0.465 e. The van der Waals surface area contributed by atoms with Crippen molar-refractivity contribution >= 4 is 44.3 Å². The van der Waals surface area contributed by atoms with Crippen molar-refractivity contribution in [3.8, 4) is 0 Å². The highest BCUT2D eigenvalue weighted by atomic mass is 32.2. The third-order valence-electron chi connectivity index (χ3n) is 4.39. The number of carbonyl (C=O) groups is 1. The van der Waals surface area contributed by atoms with Crippen molar-refractivity contribution < 1.29 is 17.9 Å². The molecule has 2 aliphatic rings. The van der Waals surface area contributed by atoms with E-state index < -0.39 is 16.0 Å². The van der Waals surface area contributed by atoms with Crippen LogP contribution < -0.4 is 4.72 Å². The highest BCUT2D eigenvalue weighted by Crippen LogP contribution is 2.35. The standard InChI is InChI=1S/C19H17N3O4S2/c1-26-18(23)14-4-8-16(9-5-14)28(24,25)21-15-6-2-13(3-7-15)17-12-27-19-20-10-11-22(17)19/h2-9,12,21H,10-11H2,1H3. The number of thioether (sulfide) groups is 1. The van der Waals surface area contributed by atoms with Crippen LogP contribution in [0.25, 0.3) is 5.70 Å². The van der Waals surface area contributed by atoms with Crippen LogP contribution in [0.3, 0.4) is 0 Å². The Morgan fingerprint density at radius 1 is 1.14 bits per heavy atom. The Balaban J connectivity index is 1.49. The van der Waals surface area contributed by atoms with E-state index in [1.54, 1.807) is 23.9 Å². The number of methoxy groups -OCH3 is 1. The molecule has 0 amide bonds. The van der Waals surface area contributed by atoms with Gasteiger partial charge in [-0.2, -0.15) is 0 Å². The summed E-state index contributed by atoms with van der Waals surface area (Å²) in [6.07, 6.45) is 0. The Labute approximate surface area is 167 Å². The molecule has 0 radical (unpaired) electrons. The predicted octanol–water partition coefficient (Wildman–Crippen LogP) is 2.99. The van der Waals surface area contributed by atoms with E-state index in [2.05, 4.69) is 24.8 Å². The number of benzene rings is 2. The maximum atomic E-state index is 12.6. The normalized spacial score (nSPS) is 15.7. The Morgan fingerprint density at radius 2 is 1.86 bits per heavy atom. The van der Waals surface area contributed by atoms with Crippen LogP contribution in [0.1, 0.15) is 15.9 Å². The van der Waals surface area contributed by atoms with Gasteiger partial charge in [-0.05, 0) is 42.0 Å². The first kappa shape index (κ1) is 18.6. The van der Waals surface area contributed by atoms with Gasteiger partial charge >= 0.3 is 5.97 Å². The second kappa shape index (κ2) is 7.33. The molecule has 0 spiro atoms. The third kappa shape index (κ3) is 3.50. The number of ether oxygens (including phenoxy) is 1. The van der Waals surface area contributed by atoms with Gasteiger partial charge in [0.1, 0.15) is 0 Å². The molecule has 2 aromatic carbocycles. The molecule has 1 N–H and O–H groups in total. The number of fused-ring (bicyclic) bond motifs is 1. The van der Waals surface area contributed by atoms with Gasteiger partial charge in [0.2, 0.25) is 0 Å². The minimum absolute atomic E-state index is 0.0667. The fourth-order valence-electron chi connectivity index (χ4n) is 2.96. The van der Waals surface area contributed by atoms with Crippen molar-refractivity contribution in [1.82, 2.24) is 4.90 Å². The molecule has 144 valence electrons. The highest BCUT2D eigenvalue weighted by molar-refractivity contribution is 8.16. The molecular formula is C19H17N3O4S2. The number of hydrogen-bond donors (Lipinski definition) is 1. The van der Waals surface area contributed by atoms with E-state index >= 15 is 0 Å². The molecule has 7 nitrogen and oxygen atoms in total. The number of nitrogens with zero attached hydrogens (tertiary/aromatic N) is 2. The third-order valence-corrected chi connectivity index (χ3v) is 6.69. The fourth-order valence-corrected chi connectivity index (χ4v) is 4.98. The van der Waals surface area contributed by atoms with Gasteiger partial charge in [0.25, 0.3) is 10.0 Å². The zero-order chi connectivity index (χ0) is 19.7. The van der Waals surface area contributed by atoms with Crippen LogP contribution in [0, 0.1) is 0 Å². The van der Waals surface area contributed by atoms with Crippen LogP contribution in [0.5, 0.6) is 0 Å². The van der Waals surface area contributed by atoms with E-state index in [4.69, 9.17) is 0 Å². The van der Waals surface area contributed by atoms with E-state index in [0.717, 1.165) is 29.5 Å². The average Bonchev–Trinajstić information content (AvgIpc) is 3.32. The molecule has 0 saturated heterocycles. The second-order valence-electron chi connectivity index (χ2n) is 6.14. The van der Waals surface area contributed by atoms with Crippen LogP contribution in [-0.4, -0.2) is 44.7 Å². The summed E-state index contributed by atoms with van der Waals surface area (Å²) in [5, 5.41) is 3.07. The zero-order valence-electron chi connectivity index (χ0n) is 15.0. The lowest BCUT2D eigenvalue weighted by molar-refractivity contribution is 0.0600. The topological polar surface area (TPSA) is 88.1 Å². The van der Waals surface area contributed by atoms with Crippen molar-refractivity contribution in [2.24, 2.45) is 4.99 Å². The molecule has 2 aliphatic heterocycles. The summed E-state index contributed by atoms with van der Waals surface area (Å²) in [4.78, 5) is 18.1. The van der Waals surface area contributed by atoms with Crippen LogP contribution in [0.4, 0.5) is 5.69 Å². The molecule has 0 saturated carbocycles. The quantitative estimate of drug-likeness (QED) is 0.756. The van der Waals surface area contributed by atoms with Crippen molar-refractivity contribution in [2.75, 3.05) is 24.9 Å². The SMILES string of the molecule is COC(=O)c1ccc(S(=O)(=O)Nc2ccc(C3=CSC4=NCCN34)cc2)cc1. The van der Waals surface area contributed by atoms with Crippen molar-refractivity contribution in [3.05, 3.63) is 65.1 Å². The van der Waals surface area contributed by atoms with Crippen LogP contribution >= 0.6 is 11.8 Å². The summed E-state index contributed by atoms with van der Waals surface area (Å²) < 4.78 is 32.3. The minimum atomic E-state index is -3.76. The maximum absolute atomic E-state index is 12.6. The molecule has 9 heteroatoms. The van der Waals surface area contributed by atoms with Crippen LogP contribution in [-0.2, 0) is 14.8 Å². The molecule has 0 fully saturated rings. The predicted molar refractivity (Wildman–Crippen MR) is 110 cm³/mol. The van der Waals surface area contributed by atoms with Crippen LogP contribution in [0.2, 0.25) is 0 Å². The lowest BCUT2D eigenvalue weighted by Crippen LogP contribution is -2.19. The van der Waals surface area contributed by atoms with Gasteiger partial charge in [-0.15, -0.1) is 0 Å². The molecule has 0 bridgehead atoms. The first-order valence-electron chi connectivity index (χ1n) is 8.48. The molecule has 4 rings (SSSR count). The average molecular weight is 415 g/mol. The number of carbonyl (C=O) groups excluding carboxylic acids is 1. The number of esters is 1. The van der Waals surface area contributed by atoms with E-state index in [0.29, 0.717) is 11.3 Å². The first-order chi connectivity index (χ1) is 13.5. The number of nitrogens with one attached hydrogen (secondary N) is 1. The van der Waals surface area contributed by atoms with E-state index in [-0.39, 0.29) is 4.90 Å². The number of amidine groups is 1. The monoisotopic (exact) mass is 415 g/mol. The van der Waals surface area contributed by atoms with Gasteiger partial charge < -0.3 is 9.64 Å². The lowest BCUT2D eigenvalue weighted by Gasteiger charge is -2.17. The first-order valence-corrected chi connectivity index (χ1v) is 10.8. The Bertz CT molecular complexity index is 1080. The summed E-state index contributed by atoms with van der Waals surface area (Å²) in [6, 6.07) is 12.8. The zero-order valence-corrected chi connectivity index (χ0v) is 16.6. The fraction of sp³-hybridized carbons (Fsp3) is 0.158. The van der Waals surface area contributed by atoms with Gasteiger partial charge in [-0.25, -0.2) is 13.2 Å². The summed E-state index contributed by atoms with van der Waals surface area (Å²) in [6.45, 7) is 1.66. The van der Waals surface area contributed by atoms with Gasteiger partial charge in [0.15, 0.2) is 5.17 Å². The number of hydrogen-bond acceptors (Lipinski definition) is 7. The van der Waals surface area contributed by atoms with Crippen molar-refractivity contribution in [1.29, 1.82) is 0 Å². The van der Waals surface area contributed by atoms with Gasteiger partial charge in [-0.1, -0.05) is 23.9 Å². The summed E-state index contributed by atoms with van der Waals surface area (Å²) in [5.74, 6) is -0.516. The van der Waals surface area contributed by atoms with E-state index in [9.17, 15) is 13.2 Å². The van der Waals surface area contributed by atoms with Crippen molar-refractivity contribution in [3.63, 3.8) is 0 Å². The van der Waals surface area contributed by atoms with Crippen LogP contribution in [0.15, 0.2) is 63.8 Å². The van der Waals surface area contributed by atoms with Crippen molar-refractivity contribution in [2.45, 2.75) is 4.90 Å². The molecule has 0 unspecified atom stereocenters. The maximum Gasteiger partial charge on any atom is 0.337 e. The largest absolute Gasteiger partial charge is 0.465 e. The summed E-state index contributed by atoms with van der Waals surface area (Å²) >= 11 is 1.60. The summed E-state index contributed by atoms with van der Waals surface area (Å²) in [7, 11) is -2.49. The highest BCUT2D eigenvalue weighted by Gasteiger charge is 2.27. The van der Waals surface area contributed by atoms with E-state index in [1.807, 2.05) is 12.1 Å². The number of sulfonamides is 1. The number of rotatable bonds is 5. The van der Waals surface area contributed by atoms with Gasteiger partial charge in [-0.3, -0.25) is 9.71 Å². The molecule has 2 aromatic rings. The lowest BCUT2D eigenvalue weighted by atomic mass is 10.1. The van der Waals surface area contributed by atoms with Gasteiger partial charge in [0.05, 0.1) is 29.8 Å². The number of anilines is 1.